The number of carbonyl (C=O) groups is 3. The number of rotatable bonds is 20. The van der Waals surface area contributed by atoms with Gasteiger partial charge in [-0.05, 0) is 32.1 Å². The summed E-state index contributed by atoms with van der Waals surface area (Å²) in [4.78, 5) is 33.2. The lowest BCUT2D eigenvalue weighted by Crippen LogP contribution is -2.44. The molecule has 6 N–H and O–H groups in total. The maximum Gasteiger partial charge on any atom is 0.322 e. The number of allylic oxidation sites excluding steroid dienone is 7. The van der Waals surface area contributed by atoms with E-state index < -0.39 is 41.8 Å². The van der Waals surface area contributed by atoms with Gasteiger partial charge in [-0.3, -0.25) is 14.4 Å². The van der Waals surface area contributed by atoms with E-state index in [9.17, 15) is 19.5 Å². The molecule has 0 rings (SSSR count). The summed E-state index contributed by atoms with van der Waals surface area (Å²) in [6, 6.07) is -0.931. The van der Waals surface area contributed by atoms with Crippen molar-refractivity contribution in [2.24, 2.45) is 5.73 Å². The predicted octanol–water partition coefficient (Wildman–Crippen LogP) is 3.43. The van der Waals surface area contributed by atoms with Crippen molar-refractivity contribution < 1.29 is 29.7 Å². The van der Waals surface area contributed by atoms with Gasteiger partial charge in [-0.2, -0.15) is 0 Å². The Morgan fingerprint density at radius 1 is 0.971 bits per heavy atom. The van der Waals surface area contributed by atoms with Crippen molar-refractivity contribution in [2.45, 2.75) is 75.7 Å². The molecule has 0 radical (unpaired) electrons. The minimum Gasteiger partial charge on any atom is -0.481 e. The van der Waals surface area contributed by atoms with Gasteiger partial charge in [0.05, 0.1) is 12.1 Å². The van der Waals surface area contributed by atoms with Gasteiger partial charge in [-0.25, -0.2) is 0 Å². The fraction of sp³-hybridized carbons (Fsp3) is 0.560. The number of carbonyl (C=O) groups excluding carboxylic acids is 1. The third-order valence-corrected chi connectivity index (χ3v) is 6.08. The van der Waals surface area contributed by atoms with Crippen molar-refractivity contribution in [2.75, 3.05) is 12.3 Å². The molecule has 0 aromatic rings. The Morgan fingerprint density at radius 3 is 2.38 bits per heavy atom. The summed E-state index contributed by atoms with van der Waals surface area (Å²) < 4.78 is 0. The smallest absolute Gasteiger partial charge is 0.322 e. The Morgan fingerprint density at radius 2 is 1.71 bits per heavy atom. The highest BCUT2D eigenvalue weighted by Gasteiger charge is 2.21. The van der Waals surface area contributed by atoms with E-state index in [0.717, 1.165) is 12.8 Å². The molecule has 0 aliphatic carbocycles. The molecule has 0 heterocycles. The number of nitrogens with two attached hydrogens (primary N) is 1. The first-order valence-electron chi connectivity index (χ1n) is 11.7. The second-order valence-electron chi connectivity index (χ2n) is 7.77. The number of nitrogens with one attached hydrogen (secondary N) is 1. The first-order valence-corrected chi connectivity index (χ1v) is 12.7. The van der Waals surface area contributed by atoms with Crippen LogP contribution in [0.25, 0.3) is 0 Å². The van der Waals surface area contributed by atoms with Crippen molar-refractivity contribution in [3.8, 4) is 0 Å². The third kappa shape index (κ3) is 19.1. The minimum absolute atomic E-state index is 0.0347. The molecule has 9 heteroatoms. The quantitative estimate of drug-likeness (QED) is 0.0977. The van der Waals surface area contributed by atoms with Crippen LogP contribution in [0.5, 0.6) is 0 Å². The third-order valence-electron chi connectivity index (χ3n) is 4.67. The summed E-state index contributed by atoms with van der Waals surface area (Å²) in [6.45, 7) is 1.68. The number of carboxylic acid groups (broad SMARTS) is 2. The second kappa shape index (κ2) is 21.2. The summed E-state index contributed by atoms with van der Waals surface area (Å²) in [5, 5.41) is 29.8. The molecule has 8 nitrogen and oxygen atoms in total. The number of hydrogen-bond acceptors (Lipinski definition) is 6. The lowest BCUT2D eigenvalue weighted by atomic mass is 10.1. The van der Waals surface area contributed by atoms with E-state index in [1.54, 1.807) is 12.2 Å². The summed E-state index contributed by atoms with van der Waals surface area (Å²) >= 11 is 1.26. The predicted molar refractivity (Wildman–Crippen MR) is 138 cm³/mol. The molecule has 0 aliphatic rings. The van der Waals surface area contributed by atoms with Gasteiger partial charge in [0, 0.05) is 17.4 Å². The Bertz CT molecular complexity index is 706. The summed E-state index contributed by atoms with van der Waals surface area (Å²) in [6.07, 6.45) is 21.1. The normalized spacial score (nSPS) is 14.8. The first kappa shape index (κ1) is 31.6. The van der Waals surface area contributed by atoms with E-state index in [2.05, 4.69) is 24.4 Å². The van der Waals surface area contributed by atoms with Crippen LogP contribution in [0.2, 0.25) is 0 Å². The first-order chi connectivity index (χ1) is 16.3. The number of thioether (sulfide) groups is 1. The number of aliphatic hydroxyl groups excluding tert-OH is 1. The molecule has 0 aliphatic heterocycles. The van der Waals surface area contributed by atoms with E-state index in [0.29, 0.717) is 12.8 Å². The molecular weight excluding hydrogens is 456 g/mol. The highest BCUT2D eigenvalue weighted by atomic mass is 32.2. The average molecular weight is 497 g/mol. The van der Waals surface area contributed by atoms with Crippen LogP contribution < -0.4 is 11.1 Å². The maximum atomic E-state index is 11.9. The maximum absolute atomic E-state index is 11.9. The zero-order valence-corrected chi connectivity index (χ0v) is 20.8. The number of unbranched alkanes of at least 4 members (excludes halogenated alkanes) is 3. The van der Waals surface area contributed by atoms with Gasteiger partial charge in [0.2, 0.25) is 5.91 Å². The highest BCUT2D eigenvalue weighted by molar-refractivity contribution is 8.00. The van der Waals surface area contributed by atoms with Gasteiger partial charge in [0.1, 0.15) is 6.54 Å². The fourth-order valence-corrected chi connectivity index (χ4v) is 3.91. The summed E-state index contributed by atoms with van der Waals surface area (Å²) in [7, 11) is 0. The van der Waals surface area contributed by atoms with Gasteiger partial charge in [-0.15, -0.1) is 11.8 Å². The van der Waals surface area contributed by atoms with Crippen LogP contribution in [0, 0.1) is 0 Å². The molecule has 3 atom stereocenters. The topological polar surface area (TPSA) is 150 Å². The van der Waals surface area contributed by atoms with Crippen molar-refractivity contribution in [1.82, 2.24) is 5.32 Å². The Hall–Kier alpha value is -2.36. The van der Waals surface area contributed by atoms with Gasteiger partial charge < -0.3 is 26.4 Å². The van der Waals surface area contributed by atoms with Crippen LogP contribution >= 0.6 is 11.8 Å². The number of hydrogen-bond donors (Lipinski definition) is 5. The molecule has 0 saturated heterocycles. The van der Waals surface area contributed by atoms with E-state index in [1.165, 1.54) is 31.0 Å². The van der Waals surface area contributed by atoms with Crippen LogP contribution in [0.4, 0.5) is 0 Å². The van der Waals surface area contributed by atoms with Crippen LogP contribution in [-0.2, 0) is 14.4 Å². The van der Waals surface area contributed by atoms with Crippen LogP contribution in [0.3, 0.4) is 0 Å². The van der Waals surface area contributed by atoms with Crippen LogP contribution in [0.1, 0.15) is 58.3 Å². The number of carboxylic acids is 2. The summed E-state index contributed by atoms with van der Waals surface area (Å²) in [5.41, 5.74) is 5.82. The molecule has 0 fully saturated rings. The monoisotopic (exact) mass is 496 g/mol. The minimum atomic E-state index is -1.16. The number of aliphatic hydroxyl groups is 1. The lowest BCUT2D eigenvalue weighted by molar-refractivity contribution is -0.138. The number of amides is 1. The van der Waals surface area contributed by atoms with Gasteiger partial charge in [0.15, 0.2) is 0 Å². The standard InChI is InChI=1S/C25H40N2O6S/c1-2-3-4-5-6-7-8-9-10-11-12-13-16-22(21(28)15-14-17-23(29)30)34-19-20(26)25(33)27-18-24(31)32/h6-7,9-13,16,20-22,28H,2-5,8,14-15,17-19,26H2,1H3,(H,27,33)(H,29,30)(H,31,32)/b7-6-,10-9+,12-11+,16-13+/t20-,21-,22-/m0/s1. The number of aliphatic carboxylic acids is 2. The Labute approximate surface area is 207 Å². The van der Waals surface area contributed by atoms with E-state index >= 15 is 0 Å². The average Bonchev–Trinajstić information content (AvgIpc) is 2.79. The Balaban J connectivity index is 4.70. The summed E-state index contributed by atoms with van der Waals surface area (Å²) in [5.74, 6) is -2.49. The fourth-order valence-electron chi connectivity index (χ4n) is 2.77. The molecule has 192 valence electrons. The molecule has 0 bridgehead atoms. The van der Waals surface area contributed by atoms with Gasteiger partial charge >= 0.3 is 11.9 Å². The molecule has 1 amide bonds. The Kier molecular flexibility index (Phi) is 19.7. The van der Waals surface area contributed by atoms with E-state index in [1.807, 2.05) is 24.3 Å². The molecule has 0 aromatic carbocycles. The molecule has 0 aromatic heterocycles. The van der Waals surface area contributed by atoms with E-state index in [4.69, 9.17) is 15.9 Å². The SMILES string of the molecule is CCCCC/C=C\C/C=C/C=C/C=C/[C@H](SC[C@H](N)C(=O)NCC(=O)O)[C@@H](O)CCCC(=O)O. The largest absolute Gasteiger partial charge is 0.481 e. The molecule has 0 unspecified atom stereocenters. The van der Waals surface area contributed by atoms with Gasteiger partial charge in [-0.1, -0.05) is 68.4 Å². The zero-order chi connectivity index (χ0) is 25.6. The van der Waals surface area contributed by atoms with Crippen LogP contribution in [0.15, 0.2) is 48.6 Å². The molecular formula is C25H40N2O6S. The second-order valence-corrected chi connectivity index (χ2v) is 8.98. The van der Waals surface area contributed by atoms with Crippen LogP contribution in [-0.4, -0.2) is 62.9 Å². The van der Waals surface area contributed by atoms with Crippen molar-refractivity contribution in [3.05, 3.63) is 48.6 Å². The van der Waals surface area contributed by atoms with Crippen molar-refractivity contribution >= 4 is 29.6 Å². The van der Waals surface area contributed by atoms with Crippen molar-refractivity contribution in [3.63, 3.8) is 0 Å². The lowest BCUT2D eigenvalue weighted by Gasteiger charge is -2.21. The molecule has 0 saturated carbocycles. The van der Waals surface area contributed by atoms with Gasteiger partial charge in [0.25, 0.3) is 0 Å². The molecule has 34 heavy (non-hydrogen) atoms. The van der Waals surface area contributed by atoms with Crippen molar-refractivity contribution in [1.29, 1.82) is 0 Å². The highest BCUT2D eigenvalue weighted by Crippen LogP contribution is 2.21. The molecule has 0 spiro atoms. The van der Waals surface area contributed by atoms with E-state index in [-0.39, 0.29) is 12.2 Å². The zero-order valence-electron chi connectivity index (χ0n) is 20.0.